The highest BCUT2D eigenvalue weighted by Gasteiger charge is 2.06. The molecule has 1 aromatic carbocycles. The third-order valence-corrected chi connectivity index (χ3v) is 2.57. The lowest BCUT2D eigenvalue weighted by molar-refractivity contribution is 0.365. The van der Waals surface area contributed by atoms with Crippen molar-refractivity contribution in [3.8, 4) is 5.75 Å². The van der Waals surface area contributed by atoms with E-state index in [0.29, 0.717) is 18.2 Å². The largest absolute Gasteiger partial charge is 0.487 e. The first-order valence-electron chi connectivity index (χ1n) is 5.32. The van der Waals surface area contributed by atoms with E-state index in [0.717, 1.165) is 12.2 Å². The Kier molecular flexibility index (Phi) is 4.22. The Labute approximate surface area is 91.7 Å². The van der Waals surface area contributed by atoms with Crippen LogP contribution in [0.5, 0.6) is 5.75 Å². The molecule has 2 heteroatoms. The van der Waals surface area contributed by atoms with Crippen LogP contribution in [-0.4, -0.2) is 6.61 Å². The summed E-state index contributed by atoms with van der Waals surface area (Å²) in [5.41, 5.74) is 7.86. The van der Waals surface area contributed by atoms with E-state index in [9.17, 15) is 0 Å². The Hall–Kier alpha value is -1.44. The molecule has 0 aliphatic rings. The molecule has 15 heavy (non-hydrogen) atoms. The number of ether oxygens (including phenoxy) is 1. The Bertz CT molecular complexity index is 333. The molecule has 0 bridgehead atoms. The molecule has 0 aromatic heterocycles. The summed E-state index contributed by atoms with van der Waals surface area (Å²) in [6, 6.07) is 6.00. The Morgan fingerprint density at radius 3 is 2.80 bits per heavy atom. The fourth-order valence-electron chi connectivity index (χ4n) is 1.39. The van der Waals surface area contributed by atoms with Crippen LogP contribution < -0.4 is 10.5 Å². The highest BCUT2D eigenvalue weighted by atomic mass is 16.5. The van der Waals surface area contributed by atoms with Crippen LogP contribution in [0.1, 0.15) is 31.7 Å². The van der Waals surface area contributed by atoms with E-state index in [2.05, 4.69) is 26.5 Å². The molecular formula is C13H19NO. The third-order valence-electron chi connectivity index (χ3n) is 2.57. The molecule has 1 unspecified atom stereocenters. The summed E-state index contributed by atoms with van der Waals surface area (Å²) >= 11 is 0. The summed E-state index contributed by atoms with van der Waals surface area (Å²) in [5, 5.41) is 0. The predicted molar refractivity (Wildman–Crippen MR) is 65.3 cm³/mol. The molecule has 0 amide bonds. The minimum absolute atomic E-state index is 0.493. The van der Waals surface area contributed by atoms with Crippen molar-refractivity contribution < 1.29 is 4.74 Å². The summed E-state index contributed by atoms with van der Waals surface area (Å²) in [6.45, 7) is 8.45. The monoisotopic (exact) mass is 205 g/mol. The van der Waals surface area contributed by atoms with Crippen LogP contribution >= 0.6 is 0 Å². The maximum Gasteiger partial charge on any atom is 0.142 e. The summed E-state index contributed by atoms with van der Waals surface area (Å²) in [7, 11) is 0. The van der Waals surface area contributed by atoms with Crippen molar-refractivity contribution in [2.24, 2.45) is 0 Å². The molecule has 0 spiro atoms. The van der Waals surface area contributed by atoms with Crippen LogP contribution in [0.25, 0.3) is 0 Å². The zero-order chi connectivity index (χ0) is 11.3. The fourth-order valence-corrected chi connectivity index (χ4v) is 1.39. The summed E-state index contributed by atoms with van der Waals surface area (Å²) < 4.78 is 5.41. The Morgan fingerprint density at radius 1 is 1.53 bits per heavy atom. The minimum Gasteiger partial charge on any atom is -0.487 e. The number of nitrogens with two attached hydrogens (primary N) is 1. The minimum atomic E-state index is 0.493. The van der Waals surface area contributed by atoms with E-state index in [1.165, 1.54) is 5.56 Å². The number of hydrogen-bond donors (Lipinski definition) is 1. The molecule has 82 valence electrons. The van der Waals surface area contributed by atoms with Crippen molar-refractivity contribution in [2.45, 2.75) is 26.2 Å². The molecule has 0 saturated carbocycles. The molecule has 0 radical (unpaired) electrons. The first kappa shape index (κ1) is 11.6. The lowest BCUT2D eigenvalue weighted by atomic mass is 9.98. The number of hydrogen-bond acceptors (Lipinski definition) is 2. The zero-order valence-corrected chi connectivity index (χ0v) is 9.49. The van der Waals surface area contributed by atoms with Gasteiger partial charge in [-0.1, -0.05) is 32.6 Å². The van der Waals surface area contributed by atoms with Gasteiger partial charge in [0.05, 0.1) is 5.69 Å². The fraction of sp³-hybridized carbons (Fsp3) is 0.385. The summed E-state index contributed by atoms with van der Waals surface area (Å²) in [4.78, 5) is 0. The van der Waals surface area contributed by atoms with Crippen LogP contribution in [-0.2, 0) is 0 Å². The van der Waals surface area contributed by atoms with E-state index in [-0.39, 0.29) is 0 Å². The number of rotatable bonds is 5. The van der Waals surface area contributed by atoms with Gasteiger partial charge in [0.15, 0.2) is 0 Å². The van der Waals surface area contributed by atoms with Gasteiger partial charge in [-0.15, -0.1) is 0 Å². The summed E-state index contributed by atoms with van der Waals surface area (Å²) in [5.74, 6) is 1.28. The number of nitrogen functional groups attached to an aromatic ring is 1. The van der Waals surface area contributed by atoms with Gasteiger partial charge in [-0.05, 0) is 30.0 Å². The van der Waals surface area contributed by atoms with Gasteiger partial charge >= 0.3 is 0 Å². The molecule has 0 heterocycles. The second-order valence-corrected chi connectivity index (χ2v) is 3.71. The van der Waals surface area contributed by atoms with Crippen molar-refractivity contribution in [3.63, 3.8) is 0 Å². The van der Waals surface area contributed by atoms with E-state index in [1.807, 2.05) is 12.1 Å². The van der Waals surface area contributed by atoms with Crippen LogP contribution in [0.4, 0.5) is 5.69 Å². The average molecular weight is 205 g/mol. The molecule has 2 nitrogen and oxygen atoms in total. The molecule has 1 atom stereocenters. The zero-order valence-electron chi connectivity index (χ0n) is 9.49. The highest BCUT2D eigenvalue weighted by molar-refractivity contribution is 5.54. The second-order valence-electron chi connectivity index (χ2n) is 3.71. The van der Waals surface area contributed by atoms with Gasteiger partial charge in [-0.3, -0.25) is 0 Å². The number of benzene rings is 1. The standard InChI is InChI=1S/C13H19NO/c1-4-8-15-13-7-6-11(9-12(13)14)10(3)5-2/h4,6-7,9-10H,1,5,8,14H2,2-3H3. The second kappa shape index (κ2) is 5.44. The predicted octanol–water partition coefficient (Wildman–Crippen LogP) is 3.35. The van der Waals surface area contributed by atoms with Gasteiger partial charge in [0.1, 0.15) is 12.4 Å². The first-order valence-corrected chi connectivity index (χ1v) is 5.32. The lowest BCUT2D eigenvalue weighted by Gasteiger charge is -2.12. The highest BCUT2D eigenvalue weighted by Crippen LogP contribution is 2.27. The normalized spacial score (nSPS) is 12.1. The molecule has 0 aliphatic carbocycles. The van der Waals surface area contributed by atoms with Crippen LogP contribution in [0, 0.1) is 0 Å². The van der Waals surface area contributed by atoms with Crippen molar-refractivity contribution in [2.75, 3.05) is 12.3 Å². The molecule has 2 N–H and O–H groups in total. The van der Waals surface area contributed by atoms with Crippen LogP contribution in [0.3, 0.4) is 0 Å². The topological polar surface area (TPSA) is 35.2 Å². The van der Waals surface area contributed by atoms with Crippen LogP contribution in [0.15, 0.2) is 30.9 Å². The maximum atomic E-state index is 5.90. The molecule has 1 aromatic rings. The average Bonchev–Trinajstić information content (AvgIpc) is 2.26. The van der Waals surface area contributed by atoms with E-state index in [1.54, 1.807) is 6.08 Å². The maximum absolute atomic E-state index is 5.90. The van der Waals surface area contributed by atoms with Crippen molar-refractivity contribution >= 4 is 5.69 Å². The van der Waals surface area contributed by atoms with Crippen molar-refractivity contribution in [1.29, 1.82) is 0 Å². The third kappa shape index (κ3) is 3.01. The summed E-state index contributed by atoms with van der Waals surface area (Å²) in [6.07, 6.45) is 2.83. The molecule has 1 rings (SSSR count). The molecule has 0 aliphatic heterocycles. The Morgan fingerprint density at radius 2 is 2.27 bits per heavy atom. The molecule has 0 fully saturated rings. The van der Waals surface area contributed by atoms with Gasteiger partial charge < -0.3 is 10.5 Å². The quantitative estimate of drug-likeness (QED) is 0.591. The van der Waals surface area contributed by atoms with Gasteiger partial charge in [0, 0.05) is 0 Å². The van der Waals surface area contributed by atoms with Crippen molar-refractivity contribution in [1.82, 2.24) is 0 Å². The van der Waals surface area contributed by atoms with Gasteiger partial charge in [0.2, 0.25) is 0 Å². The number of anilines is 1. The van der Waals surface area contributed by atoms with E-state index >= 15 is 0 Å². The van der Waals surface area contributed by atoms with Gasteiger partial charge in [0.25, 0.3) is 0 Å². The van der Waals surface area contributed by atoms with E-state index < -0.39 is 0 Å². The lowest BCUT2D eigenvalue weighted by Crippen LogP contribution is -1.99. The SMILES string of the molecule is C=CCOc1ccc(C(C)CC)cc1N. The van der Waals surface area contributed by atoms with Gasteiger partial charge in [-0.2, -0.15) is 0 Å². The molecule has 0 saturated heterocycles. The molecular weight excluding hydrogens is 186 g/mol. The van der Waals surface area contributed by atoms with Gasteiger partial charge in [-0.25, -0.2) is 0 Å². The first-order chi connectivity index (χ1) is 7.19. The smallest absolute Gasteiger partial charge is 0.142 e. The Balaban J connectivity index is 2.82. The van der Waals surface area contributed by atoms with E-state index in [4.69, 9.17) is 10.5 Å². The van der Waals surface area contributed by atoms with Crippen LogP contribution in [0.2, 0.25) is 0 Å². The van der Waals surface area contributed by atoms with Crippen molar-refractivity contribution in [3.05, 3.63) is 36.4 Å².